The highest BCUT2D eigenvalue weighted by Gasteiger charge is 2.19. The molecule has 2 N–H and O–H groups in total. The maximum atomic E-state index is 12.7. The van der Waals surface area contributed by atoms with Crippen LogP contribution in [0.1, 0.15) is 43.1 Å². The lowest BCUT2D eigenvalue weighted by Crippen LogP contribution is -2.37. The van der Waals surface area contributed by atoms with Crippen LogP contribution in [0.5, 0.6) is 0 Å². The third-order valence-corrected chi connectivity index (χ3v) is 4.34. The molecule has 0 radical (unpaired) electrons. The van der Waals surface area contributed by atoms with Gasteiger partial charge in [-0.25, -0.2) is 9.48 Å². The number of rotatable bonds is 10. The molecular weight excluding hydrogens is 376 g/mol. The Balaban J connectivity index is 2.16. The molecule has 1 heterocycles. The van der Waals surface area contributed by atoms with Crippen LogP contribution >= 0.6 is 0 Å². The van der Waals surface area contributed by atoms with Gasteiger partial charge in [0.1, 0.15) is 0 Å². The number of amides is 2. The Labute approximate surface area is 168 Å². The lowest BCUT2D eigenvalue weighted by Gasteiger charge is -2.11. The molecule has 0 aliphatic heterocycles. The van der Waals surface area contributed by atoms with Crippen LogP contribution in [0.2, 0.25) is 0 Å². The first kappa shape index (κ1) is 22.1. The Bertz CT molecular complexity index is 938. The quantitative estimate of drug-likeness (QED) is 0.452. The zero-order chi connectivity index (χ0) is 21.2. The van der Waals surface area contributed by atoms with Gasteiger partial charge >= 0.3 is 5.97 Å². The lowest BCUT2D eigenvalue weighted by molar-refractivity contribution is -0.127. The summed E-state index contributed by atoms with van der Waals surface area (Å²) in [4.78, 5) is 48.1. The SMILES string of the molecule is CCCCCCn1nc(C(=O)OCC(=O)NCC(=O)NC)c2ccccc2c1=O. The summed E-state index contributed by atoms with van der Waals surface area (Å²) in [6.07, 6.45) is 3.86. The number of aromatic nitrogens is 2. The van der Waals surface area contributed by atoms with E-state index in [0.717, 1.165) is 25.7 Å². The van der Waals surface area contributed by atoms with Crippen LogP contribution in [-0.4, -0.2) is 47.8 Å². The maximum Gasteiger partial charge on any atom is 0.359 e. The number of hydrogen-bond acceptors (Lipinski definition) is 6. The summed E-state index contributed by atoms with van der Waals surface area (Å²) in [5.41, 5.74) is -0.285. The number of benzene rings is 1. The van der Waals surface area contributed by atoms with E-state index in [-0.39, 0.29) is 23.7 Å². The van der Waals surface area contributed by atoms with E-state index in [4.69, 9.17) is 4.74 Å². The van der Waals surface area contributed by atoms with Gasteiger partial charge in [0.05, 0.1) is 11.9 Å². The standard InChI is InChI=1S/C20H26N4O5/c1-3-4-5-8-11-24-19(27)15-10-7-6-9-14(15)18(23-24)20(28)29-13-17(26)22-12-16(25)21-2/h6-7,9-10H,3-5,8,11-13H2,1-2H3,(H,21,25)(H,22,26). The summed E-state index contributed by atoms with van der Waals surface area (Å²) in [6.45, 7) is 1.73. The number of fused-ring (bicyclic) bond motifs is 1. The minimum Gasteiger partial charge on any atom is -0.451 e. The molecule has 29 heavy (non-hydrogen) atoms. The molecule has 2 aromatic rings. The molecule has 0 atom stereocenters. The minimum absolute atomic E-state index is 0.0187. The molecule has 0 aliphatic rings. The van der Waals surface area contributed by atoms with E-state index in [2.05, 4.69) is 22.7 Å². The topological polar surface area (TPSA) is 119 Å². The third kappa shape index (κ3) is 6.13. The van der Waals surface area contributed by atoms with E-state index in [0.29, 0.717) is 17.3 Å². The summed E-state index contributed by atoms with van der Waals surface area (Å²) in [5.74, 6) is -1.79. The van der Waals surface area contributed by atoms with Crippen LogP contribution in [0.4, 0.5) is 0 Å². The predicted octanol–water partition coefficient (Wildman–Crippen LogP) is 0.996. The van der Waals surface area contributed by atoms with Crippen molar-refractivity contribution < 1.29 is 19.1 Å². The molecule has 0 fully saturated rings. The van der Waals surface area contributed by atoms with Gasteiger partial charge in [0.2, 0.25) is 5.91 Å². The summed E-state index contributed by atoms with van der Waals surface area (Å²) in [5, 5.41) is 9.64. The molecule has 0 spiro atoms. The van der Waals surface area contributed by atoms with Gasteiger partial charge in [0.25, 0.3) is 11.5 Å². The first-order chi connectivity index (χ1) is 14.0. The van der Waals surface area contributed by atoms with Gasteiger partial charge in [-0.3, -0.25) is 14.4 Å². The fourth-order valence-corrected chi connectivity index (χ4v) is 2.74. The molecule has 0 unspecified atom stereocenters. The average Bonchev–Trinajstić information content (AvgIpc) is 2.74. The van der Waals surface area contributed by atoms with Gasteiger partial charge in [-0.05, 0) is 12.5 Å². The molecule has 0 saturated carbocycles. The first-order valence-electron chi connectivity index (χ1n) is 9.62. The molecule has 2 rings (SSSR count). The van der Waals surface area contributed by atoms with Crippen LogP contribution in [0.3, 0.4) is 0 Å². The van der Waals surface area contributed by atoms with Crippen molar-refractivity contribution in [3.05, 3.63) is 40.3 Å². The minimum atomic E-state index is -0.807. The number of unbranched alkanes of at least 4 members (excludes halogenated alkanes) is 3. The summed E-state index contributed by atoms with van der Waals surface area (Å²) in [7, 11) is 1.45. The Morgan fingerprint density at radius 1 is 1.07 bits per heavy atom. The van der Waals surface area contributed by atoms with Crippen molar-refractivity contribution in [2.75, 3.05) is 20.2 Å². The van der Waals surface area contributed by atoms with E-state index in [1.54, 1.807) is 24.3 Å². The number of likely N-dealkylation sites (N-methyl/N-ethyl adjacent to an activating group) is 1. The van der Waals surface area contributed by atoms with E-state index in [9.17, 15) is 19.2 Å². The summed E-state index contributed by atoms with van der Waals surface area (Å²) in [6, 6.07) is 6.66. The van der Waals surface area contributed by atoms with Crippen LogP contribution in [0, 0.1) is 0 Å². The third-order valence-electron chi connectivity index (χ3n) is 4.34. The van der Waals surface area contributed by atoms with E-state index < -0.39 is 18.5 Å². The molecular formula is C20H26N4O5. The van der Waals surface area contributed by atoms with Crippen LogP contribution < -0.4 is 16.2 Å². The van der Waals surface area contributed by atoms with Crippen molar-refractivity contribution >= 4 is 28.6 Å². The van der Waals surface area contributed by atoms with Crippen molar-refractivity contribution in [2.45, 2.75) is 39.2 Å². The maximum absolute atomic E-state index is 12.7. The van der Waals surface area contributed by atoms with Gasteiger partial charge in [-0.1, -0.05) is 44.4 Å². The number of aryl methyl sites for hydroxylation is 1. The van der Waals surface area contributed by atoms with Crippen molar-refractivity contribution in [2.24, 2.45) is 0 Å². The van der Waals surface area contributed by atoms with Crippen LogP contribution in [-0.2, 0) is 20.9 Å². The molecule has 2 amide bonds. The Kier molecular flexibility index (Phi) is 8.32. The smallest absolute Gasteiger partial charge is 0.359 e. The van der Waals surface area contributed by atoms with Crippen LogP contribution in [0.15, 0.2) is 29.1 Å². The second-order valence-corrected chi connectivity index (χ2v) is 6.51. The largest absolute Gasteiger partial charge is 0.451 e. The number of carbonyl (C=O) groups is 3. The zero-order valence-electron chi connectivity index (χ0n) is 16.7. The lowest BCUT2D eigenvalue weighted by atomic mass is 10.1. The van der Waals surface area contributed by atoms with E-state index in [1.165, 1.54) is 11.7 Å². The zero-order valence-corrected chi connectivity index (χ0v) is 16.7. The number of carbonyl (C=O) groups excluding carboxylic acids is 3. The van der Waals surface area contributed by atoms with Gasteiger partial charge in [-0.2, -0.15) is 5.10 Å². The monoisotopic (exact) mass is 402 g/mol. The average molecular weight is 402 g/mol. The first-order valence-corrected chi connectivity index (χ1v) is 9.62. The molecule has 0 saturated heterocycles. The van der Waals surface area contributed by atoms with E-state index >= 15 is 0 Å². The summed E-state index contributed by atoms with van der Waals surface area (Å²) >= 11 is 0. The second-order valence-electron chi connectivity index (χ2n) is 6.51. The normalized spacial score (nSPS) is 10.6. The highest BCUT2D eigenvalue weighted by atomic mass is 16.5. The van der Waals surface area contributed by atoms with Crippen molar-refractivity contribution in [1.29, 1.82) is 0 Å². The van der Waals surface area contributed by atoms with Crippen molar-refractivity contribution in [1.82, 2.24) is 20.4 Å². The number of nitrogens with zero attached hydrogens (tertiary/aromatic N) is 2. The highest BCUT2D eigenvalue weighted by molar-refractivity contribution is 6.02. The van der Waals surface area contributed by atoms with Gasteiger partial charge in [0, 0.05) is 19.0 Å². The second kappa shape index (κ2) is 10.9. The highest BCUT2D eigenvalue weighted by Crippen LogP contribution is 2.14. The molecule has 0 aliphatic carbocycles. The number of ether oxygens (including phenoxy) is 1. The molecule has 1 aromatic heterocycles. The molecule has 9 heteroatoms. The van der Waals surface area contributed by atoms with E-state index in [1.807, 2.05) is 0 Å². The summed E-state index contributed by atoms with van der Waals surface area (Å²) < 4.78 is 6.32. The molecule has 0 bridgehead atoms. The number of hydrogen-bond donors (Lipinski definition) is 2. The van der Waals surface area contributed by atoms with Gasteiger partial charge < -0.3 is 15.4 Å². The Morgan fingerprint density at radius 2 is 1.79 bits per heavy atom. The Morgan fingerprint density at radius 3 is 2.48 bits per heavy atom. The number of esters is 1. The number of nitrogens with one attached hydrogen (secondary N) is 2. The Hall–Kier alpha value is -3.23. The molecule has 9 nitrogen and oxygen atoms in total. The predicted molar refractivity (Wildman–Crippen MR) is 108 cm³/mol. The fraction of sp³-hybridized carbons (Fsp3) is 0.450. The molecule has 156 valence electrons. The van der Waals surface area contributed by atoms with Crippen molar-refractivity contribution in [3.8, 4) is 0 Å². The fourth-order valence-electron chi connectivity index (χ4n) is 2.74. The van der Waals surface area contributed by atoms with Crippen molar-refractivity contribution in [3.63, 3.8) is 0 Å². The van der Waals surface area contributed by atoms with Crippen LogP contribution in [0.25, 0.3) is 10.8 Å². The van der Waals surface area contributed by atoms with Gasteiger partial charge in [-0.15, -0.1) is 0 Å². The molecule has 1 aromatic carbocycles. The van der Waals surface area contributed by atoms with Gasteiger partial charge in [0.15, 0.2) is 12.3 Å².